The molecule has 0 bridgehead atoms. The number of nitrogens with zero attached hydrogens (tertiary/aromatic N) is 4. The van der Waals surface area contributed by atoms with Crippen LogP contribution in [0.25, 0.3) is 0 Å². The molecule has 1 aliphatic rings. The lowest BCUT2D eigenvalue weighted by molar-refractivity contribution is -0.173. The molecule has 1 aliphatic heterocycles. The molecule has 1 aromatic rings. The summed E-state index contributed by atoms with van der Waals surface area (Å²) in [6.07, 6.45) is -2.09. The van der Waals surface area contributed by atoms with Crippen molar-refractivity contribution in [2.45, 2.75) is 12.6 Å². The fraction of sp³-hybridized carbons (Fsp3) is 0.692. The van der Waals surface area contributed by atoms with E-state index in [4.69, 9.17) is 5.73 Å². The van der Waals surface area contributed by atoms with Gasteiger partial charge >= 0.3 is 6.18 Å². The number of nitrogens with two attached hydrogens (primary N) is 1. The van der Waals surface area contributed by atoms with Crippen LogP contribution in [0.4, 0.5) is 18.3 Å². The number of anilines is 1. The molecule has 0 spiro atoms. The van der Waals surface area contributed by atoms with Gasteiger partial charge in [-0.2, -0.15) is 13.2 Å². The highest BCUT2D eigenvalue weighted by Crippen LogP contribution is 2.18. The number of alkyl halides is 3. The Morgan fingerprint density at radius 3 is 2.70 bits per heavy atom. The summed E-state index contributed by atoms with van der Waals surface area (Å²) in [5, 5.41) is 2.94. The van der Waals surface area contributed by atoms with Crippen molar-refractivity contribution in [3.63, 3.8) is 0 Å². The zero-order chi connectivity index (χ0) is 16.7. The van der Waals surface area contributed by atoms with E-state index in [1.165, 1.54) is 0 Å². The van der Waals surface area contributed by atoms with Gasteiger partial charge in [0.05, 0.1) is 0 Å². The third-order valence-corrected chi connectivity index (χ3v) is 4.11. The lowest BCUT2D eigenvalue weighted by Gasteiger charge is -2.35. The minimum absolute atomic E-state index is 0.0219. The van der Waals surface area contributed by atoms with Crippen molar-refractivity contribution in [2.75, 3.05) is 50.8 Å². The molecule has 6 nitrogen and oxygen atoms in total. The Kier molecular flexibility index (Phi) is 6.46. The molecule has 0 aromatic carbocycles. The minimum atomic E-state index is -4.28. The average molecular weight is 351 g/mol. The van der Waals surface area contributed by atoms with E-state index in [0.29, 0.717) is 18.9 Å². The lowest BCUT2D eigenvalue weighted by Crippen LogP contribution is -2.51. The second kappa shape index (κ2) is 8.34. The Morgan fingerprint density at radius 1 is 1.35 bits per heavy atom. The fourth-order valence-corrected chi connectivity index (χ4v) is 2.84. The van der Waals surface area contributed by atoms with Crippen LogP contribution in [-0.4, -0.2) is 68.0 Å². The van der Waals surface area contributed by atoms with Gasteiger partial charge in [-0.1, -0.05) is 0 Å². The zero-order valence-corrected chi connectivity index (χ0v) is 13.4. The highest BCUT2D eigenvalue weighted by Gasteiger charge is 2.27. The number of rotatable bonds is 6. The second-order valence-corrected chi connectivity index (χ2v) is 5.92. The van der Waals surface area contributed by atoms with Crippen molar-refractivity contribution in [1.29, 1.82) is 0 Å². The maximum atomic E-state index is 11.9. The second-order valence-electron chi connectivity index (χ2n) is 5.05. The third kappa shape index (κ3) is 6.22. The molecule has 0 radical (unpaired) electrons. The van der Waals surface area contributed by atoms with E-state index in [1.54, 1.807) is 17.5 Å². The van der Waals surface area contributed by atoms with Gasteiger partial charge in [0.1, 0.15) is 6.61 Å². The van der Waals surface area contributed by atoms with Crippen LogP contribution in [0, 0.1) is 0 Å². The molecule has 2 rings (SSSR count). The van der Waals surface area contributed by atoms with E-state index in [0.717, 1.165) is 31.3 Å². The summed E-state index contributed by atoms with van der Waals surface area (Å²) in [6.45, 7) is 2.30. The number of hydrogen-bond acceptors (Lipinski definition) is 5. The summed E-state index contributed by atoms with van der Waals surface area (Å²) in [5.41, 5.74) is 5.92. The normalized spacial score (nSPS) is 16.9. The average Bonchev–Trinajstić information content (AvgIpc) is 3.04. The smallest absolute Gasteiger partial charge is 0.372 e. The number of aliphatic imine (C=N–C) groups is 1. The number of halogens is 3. The molecule has 1 aromatic heterocycles. The first-order chi connectivity index (χ1) is 11.0. The molecule has 1 saturated heterocycles. The molecule has 0 atom stereocenters. The molecule has 0 saturated carbocycles. The number of hydrogen-bond donors (Lipinski definition) is 1. The molecule has 0 amide bonds. The highest BCUT2D eigenvalue weighted by molar-refractivity contribution is 7.13. The predicted molar refractivity (Wildman–Crippen MR) is 83.9 cm³/mol. The first-order valence-corrected chi connectivity index (χ1v) is 8.17. The van der Waals surface area contributed by atoms with Gasteiger partial charge in [-0.25, -0.2) is 4.98 Å². The van der Waals surface area contributed by atoms with Crippen LogP contribution < -0.4 is 10.6 Å². The van der Waals surface area contributed by atoms with Gasteiger partial charge in [0.2, 0.25) is 0 Å². The van der Waals surface area contributed by atoms with Crippen molar-refractivity contribution in [2.24, 2.45) is 10.7 Å². The summed E-state index contributed by atoms with van der Waals surface area (Å²) >= 11 is 1.60. The van der Waals surface area contributed by atoms with Gasteiger partial charge in [-0.15, -0.1) is 11.3 Å². The number of guanidine groups is 1. The van der Waals surface area contributed by atoms with E-state index < -0.39 is 12.8 Å². The largest absolute Gasteiger partial charge is 0.411 e. The van der Waals surface area contributed by atoms with Crippen molar-refractivity contribution in [3.05, 3.63) is 11.6 Å². The van der Waals surface area contributed by atoms with Gasteiger partial charge in [0.25, 0.3) is 0 Å². The van der Waals surface area contributed by atoms with Crippen molar-refractivity contribution in [1.82, 2.24) is 9.88 Å². The molecule has 0 aliphatic carbocycles. The lowest BCUT2D eigenvalue weighted by atomic mass is 10.3. The van der Waals surface area contributed by atoms with Crippen LogP contribution in [0.15, 0.2) is 16.6 Å². The van der Waals surface area contributed by atoms with Gasteiger partial charge in [0.15, 0.2) is 11.1 Å². The molecule has 23 heavy (non-hydrogen) atoms. The Hall–Kier alpha value is -1.55. The Balaban J connectivity index is 1.63. The first-order valence-electron chi connectivity index (χ1n) is 7.29. The van der Waals surface area contributed by atoms with Gasteiger partial charge in [-0.05, 0) is 6.42 Å². The third-order valence-electron chi connectivity index (χ3n) is 3.28. The highest BCUT2D eigenvalue weighted by atomic mass is 32.1. The topological polar surface area (TPSA) is 67.0 Å². The van der Waals surface area contributed by atoms with Gasteiger partial charge < -0.3 is 20.3 Å². The SMILES string of the molecule is NC(=NCCCOCC(F)(F)F)N1CCN(c2nccs2)CC1. The standard InChI is InChI=1S/C13H20F3N5OS/c14-13(15,16)10-22-8-1-2-18-11(17)20-4-6-21(7-5-20)12-19-3-9-23-12/h3,9H,1-2,4-8,10H2,(H2,17,18). The van der Waals surface area contributed by atoms with Crippen LogP contribution in [-0.2, 0) is 4.74 Å². The van der Waals surface area contributed by atoms with Crippen LogP contribution in [0.1, 0.15) is 6.42 Å². The molecule has 130 valence electrons. The zero-order valence-electron chi connectivity index (χ0n) is 12.6. The molecule has 2 heterocycles. The summed E-state index contributed by atoms with van der Waals surface area (Å²) in [4.78, 5) is 12.6. The maximum absolute atomic E-state index is 11.9. The van der Waals surface area contributed by atoms with Crippen LogP contribution >= 0.6 is 11.3 Å². The van der Waals surface area contributed by atoms with E-state index >= 15 is 0 Å². The first kappa shape index (κ1) is 17.8. The van der Waals surface area contributed by atoms with E-state index in [2.05, 4.69) is 19.6 Å². The van der Waals surface area contributed by atoms with E-state index in [1.807, 2.05) is 10.3 Å². The van der Waals surface area contributed by atoms with E-state index in [-0.39, 0.29) is 6.61 Å². The van der Waals surface area contributed by atoms with Crippen LogP contribution in [0.2, 0.25) is 0 Å². The molecule has 10 heteroatoms. The van der Waals surface area contributed by atoms with E-state index in [9.17, 15) is 13.2 Å². The van der Waals surface area contributed by atoms with Crippen LogP contribution in [0.5, 0.6) is 0 Å². The number of thiazole rings is 1. The number of ether oxygens (including phenoxy) is 1. The molecule has 1 fully saturated rings. The Labute approximate surface area is 136 Å². The van der Waals surface area contributed by atoms with Gasteiger partial charge in [0, 0.05) is 50.9 Å². The number of piperazine rings is 1. The Morgan fingerprint density at radius 2 is 2.09 bits per heavy atom. The molecular formula is C13H20F3N5OS. The quantitative estimate of drug-likeness (QED) is 0.478. The molecule has 0 unspecified atom stereocenters. The summed E-state index contributed by atoms with van der Waals surface area (Å²) in [5.74, 6) is 0.430. The minimum Gasteiger partial charge on any atom is -0.372 e. The predicted octanol–water partition coefficient (Wildman–Crippen LogP) is 1.55. The van der Waals surface area contributed by atoms with Crippen molar-refractivity contribution >= 4 is 22.4 Å². The van der Waals surface area contributed by atoms with Crippen molar-refractivity contribution in [3.8, 4) is 0 Å². The maximum Gasteiger partial charge on any atom is 0.411 e. The van der Waals surface area contributed by atoms with Crippen molar-refractivity contribution < 1.29 is 17.9 Å². The molecule has 2 N–H and O–H groups in total. The summed E-state index contributed by atoms with van der Waals surface area (Å²) in [7, 11) is 0. The monoisotopic (exact) mass is 351 g/mol. The fourth-order valence-electron chi connectivity index (χ4n) is 2.15. The number of aromatic nitrogens is 1. The Bertz CT molecular complexity index is 486. The summed E-state index contributed by atoms with van der Waals surface area (Å²) < 4.78 is 40.2. The summed E-state index contributed by atoms with van der Waals surface area (Å²) in [6, 6.07) is 0. The molecular weight excluding hydrogens is 331 g/mol. The van der Waals surface area contributed by atoms with Gasteiger partial charge in [-0.3, -0.25) is 4.99 Å². The van der Waals surface area contributed by atoms with Crippen LogP contribution in [0.3, 0.4) is 0 Å².